The standard InChI is InChI=1S/C31H28N2O2/c1-21-9-7-10-22(2)29(21)26-13-4-5-14-27(26)30(34)32-25-18-16-24(17-19-25)31(35)33-20-8-12-23-11-3-6-15-28(23)33/h3-7,9-11,13-19H,8,12,20H2,1-2H3,(H,32,34). The summed E-state index contributed by atoms with van der Waals surface area (Å²) in [5, 5.41) is 3.00. The number of hydrogen-bond acceptors (Lipinski definition) is 2. The minimum Gasteiger partial charge on any atom is -0.322 e. The van der Waals surface area contributed by atoms with Gasteiger partial charge in [-0.15, -0.1) is 0 Å². The van der Waals surface area contributed by atoms with Gasteiger partial charge in [0.25, 0.3) is 11.8 Å². The van der Waals surface area contributed by atoms with E-state index in [9.17, 15) is 9.59 Å². The van der Waals surface area contributed by atoms with E-state index in [-0.39, 0.29) is 11.8 Å². The van der Waals surface area contributed by atoms with E-state index < -0.39 is 0 Å². The van der Waals surface area contributed by atoms with Crippen molar-refractivity contribution >= 4 is 23.2 Å². The Morgan fingerprint density at radius 3 is 2.23 bits per heavy atom. The number of nitrogens with zero attached hydrogens (tertiary/aromatic N) is 1. The number of aryl methyl sites for hydroxylation is 3. The molecule has 0 bridgehead atoms. The van der Waals surface area contributed by atoms with Gasteiger partial charge >= 0.3 is 0 Å². The molecule has 0 saturated carbocycles. The number of fused-ring (bicyclic) bond motifs is 1. The van der Waals surface area contributed by atoms with E-state index in [1.165, 1.54) is 5.56 Å². The SMILES string of the molecule is Cc1cccc(C)c1-c1ccccc1C(=O)Nc1ccc(C(=O)N2CCCc3ccccc32)cc1. The molecule has 0 atom stereocenters. The highest BCUT2D eigenvalue weighted by Crippen LogP contribution is 2.31. The van der Waals surface area contributed by atoms with Crippen LogP contribution >= 0.6 is 0 Å². The molecule has 174 valence electrons. The van der Waals surface area contributed by atoms with Crippen molar-refractivity contribution in [3.05, 3.63) is 119 Å². The molecule has 4 nitrogen and oxygen atoms in total. The van der Waals surface area contributed by atoms with E-state index >= 15 is 0 Å². The molecule has 0 spiro atoms. The Hall–Kier alpha value is -4.18. The smallest absolute Gasteiger partial charge is 0.258 e. The van der Waals surface area contributed by atoms with Crippen LogP contribution in [0.4, 0.5) is 11.4 Å². The molecule has 0 aromatic heterocycles. The maximum absolute atomic E-state index is 13.2. The Morgan fingerprint density at radius 2 is 1.46 bits per heavy atom. The summed E-state index contributed by atoms with van der Waals surface area (Å²) in [5.41, 5.74) is 8.34. The predicted octanol–water partition coefficient (Wildman–Crippen LogP) is 6.82. The first-order chi connectivity index (χ1) is 17.0. The summed E-state index contributed by atoms with van der Waals surface area (Å²) in [7, 11) is 0. The Labute approximate surface area is 206 Å². The molecule has 5 rings (SSSR count). The highest BCUT2D eigenvalue weighted by atomic mass is 16.2. The normalized spacial score (nSPS) is 12.7. The third-order valence-corrected chi connectivity index (χ3v) is 6.67. The van der Waals surface area contributed by atoms with Gasteiger partial charge in [-0.2, -0.15) is 0 Å². The second-order valence-corrected chi connectivity index (χ2v) is 9.03. The maximum atomic E-state index is 13.2. The molecule has 4 aromatic carbocycles. The molecule has 4 aromatic rings. The molecule has 0 aliphatic carbocycles. The number of para-hydroxylation sites is 1. The second-order valence-electron chi connectivity index (χ2n) is 9.03. The first kappa shape index (κ1) is 22.6. The number of hydrogen-bond donors (Lipinski definition) is 1. The number of benzene rings is 4. The van der Waals surface area contributed by atoms with Crippen molar-refractivity contribution in [2.24, 2.45) is 0 Å². The molecule has 0 saturated heterocycles. The summed E-state index contributed by atoms with van der Waals surface area (Å²) >= 11 is 0. The fourth-order valence-corrected chi connectivity index (χ4v) is 4.93. The molecule has 0 unspecified atom stereocenters. The van der Waals surface area contributed by atoms with Crippen LogP contribution in [0, 0.1) is 13.8 Å². The summed E-state index contributed by atoms with van der Waals surface area (Å²) < 4.78 is 0. The van der Waals surface area contributed by atoms with Crippen LogP contribution in [0.25, 0.3) is 11.1 Å². The summed E-state index contributed by atoms with van der Waals surface area (Å²) in [5.74, 6) is -0.192. The highest BCUT2D eigenvalue weighted by molar-refractivity contribution is 6.10. The van der Waals surface area contributed by atoms with Gasteiger partial charge in [0.2, 0.25) is 0 Å². The molecule has 35 heavy (non-hydrogen) atoms. The monoisotopic (exact) mass is 460 g/mol. The number of amides is 2. The lowest BCUT2D eigenvalue weighted by Gasteiger charge is -2.29. The summed E-state index contributed by atoms with van der Waals surface area (Å²) in [6.45, 7) is 4.84. The van der Waals surface area contributed by atoms with E-state index in [0.717, 1.165) is 40.8 Å². The molecule has 1 N–H and O–H groups in total. The zero-order valence-corrected chi connectivity index (χ0v) is 20.0. The van der Waals surface area contributed by atoms with Gasteiger partial charge in [0.1, 0.15) is 0 Å². The minimum atomic E-state index is -0.174. The van der Waals surface area contributed by atoms with Crippen LogP contribution < -0.4 is 10.2 Å². The Morgan fingerprint density at radius 1 is 0.771 bits per heavy atom. The maximum Gasteiger partial charge on any atom is 0.258 e. The highest BCUT2D eigenvalue weighted by Gasteiger charge is 2.23. The van der Waals surface area contributed by atoms with Crippen LogP contribution in [0.2, 0.25) is 0 Å². The molecule has 1 aliphatic rings. The summed E-state index contributed by atoms with van der Waals surface area (Å²) in [4.78, 5) is 28.3. The van der Waals surface area contributed by atoms with E-state index in [0.29, 0.717) is 23.4 Å². The van der Waals surface area contributed by atoms with Gasteiger partial charge in [-0.3, -0.25) is 9.59 Å². The number of carbonyl (C=O) groups is 2. The summed E-state index contributed by atoms with van der Waals surface area (Å²) in [6, 6.07) is 29.1. The molecule has 1 heterocycles. The first-order valence-corrected chi connectivity index (χ1v) is 12.0. The average Bonchev–Trinajstić information content (AvgIpc) is 2.88. The van der Waals surface area contributed by atoms with E-state index in [2.05, 4.69) is 37.4 Å². The third kappa shape index (κ3) is 4.47. The van der Waals surface area contributed by atoms with Crippen LogP contribution in [-0.4, -0.2) is 18.4 Å². The van der Waals surface area contributed by atoms with E-state index in [4.69, 9.17) is 0 Å². The molecule has 1 aliphatic heterocycles. The summed E-state index contributed by atoms with van der Waals surface area (Å²) in [6.07, 6.45) is 1.95. The fourth-order valence-electron chi connectivity index (χ4n) is 4.93. The molecule has 2 amide bonds. The second kappa shape index (κ2) is 9.59. The molecular formula is C31H28N2O2. The molecule has 0 fully saturated rings. The van der Waals surface area contributed by atoms with Crippen LogP contribution in [0.3, 0.4) is 0 Å². The number of carbonyl (C=O) groups excluding carboxylic acids is 2. The zero-order valence-electron chi connectivity index (χ0n) is 20.0. The largest absolute Gasteiger partial charge is 0.322 e. The van der Waals surface area contributed by atoms with Crippen LogP contribution in [0.1, 0.15) is 43.8 Å². The minimum absolute atomic E-state index is 0.0181. The number of anilines is 2. The van der Waals surface area contributed by atoms with E-state index in [1.54, 1.807) is 24.3 Å². The molecule has 0 radical (unpaired) electrons. The van der Waals surface area contributed by atoms with Gasteiger partial charge in [-0.25, -0.2) is 0 Å². The topological polar surface area (TPSA) is 49.4 Å². The molecule has 4 heteroatoms. The van der Waals surface area contributed by atoms with Crippen molar-refractivity contribution in [2.45, 2.75) is 26.7 Å². The van der Waals surface area contributed by atoms with Gasteiger partial charge in [0, 0.05) is 29.0 Å². The lowest BCUT2D eigenvalue weighted by molar-refractivity contribution is 0.0984. The predicted molar refractivity (Wildman–Crippen MR) is 142 cm³/mol. The van der Waals surface area contributed by atoms with Gasteiger partial charge < -0.3 is 10.2 Å². The first-order valence-electron chi connectivity index (χ1n) is 12.0. The lowest BCUT2D eigenvalue weighted by Crippen LogP contribution is -2.35. The number of rotatable bonds is 4. The van der Waals surface area contributed by atoms with Gasteiger partial charge in [-0.05, 0) is 90.9 Å². The fraction of sp³-hybridized carbons (Fsp3) is 0.161. The Balaban J connectivity index is 1.36. The van der Waals surface area contributed by atoms with Gasteiger partial charge in [0.05, 0.1) is 0 Å². The zero-order chi connectivity index (χ0) is 24.4. The Bertz CT molecular complexity index is 1390. The van der Waals surface area contributed by atoms with Crippen LogP contribution in [-0.2, 0) is 6.42 Å². The van der Waals surface area contributed by atoms with Gasteiger partial charge in [0.15, 0.2) is 0 Å². The number of nitrogens with one attached hydrogen (secondary N) is 1. The Kier molecular flexibility index (Phi) is 6.19. The van der Waals surface area contributed by atoms with Crippen LogP contribution in [0.15, 0.2) is 91.0 Å². The van der Waals surface area contributed by atoms with Crippen molar-refractivity contribution in [1.82, 2.24) is 0 Å². The molecular weight excluding hydrogens is 432 g/mol. The van der Waals surface area contributed by atoms with Gasteiger partial charge in [-0.1, -0.05) is 54.6 Å². The quantitative estimate of drug-likeness (QED) is 0.363. The van der Waals surface area contributed by atoms with Crippen molar-refractivity contribution in [1.29, 1.82) is 0 Å². The van der Waals surface area contributed by atoms with Crippen molar-refractivity contribution in [2.75, 3.05) is 16.8 Å². The van der Waals surface area contributed by atoms with Crippen LogP contribution in [0.5, 0.6) is 0 Å². The average molecular weight is 461 g/mol. The third-order valence-electron chi connectivity index (χ3n) is 6.67. The van der Waals surface area contributed by atoms with Crippen molar-refractivity contribution in [3.63, 3.8) is 0 Å². The van der Waals surface area contributed by atoms with Crippen molar-refractivity contribution in [3.8, 4) is 11.1 Å². The van der Waals surface area contributed by atoms with Crippen molar-refractivity contribution < 1.29 is 9.59 Å². The lowest BCUT2D eigenvalue weighted by atomic mass is 9.92. The van der Waals surface area contributed by atoms with E-state index in [1.807, 2.05) is 53.4 Å².